The smallest absolute Gasteiger partial charge is 0.418 e. The number of anilines is 1. The number of amides is 2. The highest BCUT2D eigenvalue weighted by Crippen LogP contribution is 2.37. The molecule has 1 aromatic heterocycles. The molecule has 0 aliphatic carbocycles. The van der Waals surface area contributed by atoms with E-state index >= 15 is 0 Å². The van der Waals surface area contributed by atoms with Gasteiger partial charge >= 0.3 is 12.2 Å². The lowest BCUT2D eigenvalue weighted by Gasteiger charge is -2.15. The van der Waals surface area contributed by atoms with E-state index in [-0.39, 0.29) is 24.6 Å². The first-order valence-corrected chi connectivity index (χ1v) is 7.91. The van der Waals surface area contributed by atoms with Gasteiger partial charge in [-0.1, -0.05) is 0 Å². The highest BCUT2D eigenvalue weighted by molar-refractivity contribution is 7.11. The molecule has 5 nitrogen and oxygen atoms in total. The molecule has 0 aliphatic heterocycles. The molecular formula is C15H16F3N3O2S. The average Bonchev–Trinajstić information content (AvgIpc) is 2.91. The van der Waals surface area contributed by atoms with Crippen molar-refractivity contribution in [2.45, 2.75) is 26.6 Å². The van der Waals surface area contributed by atoms with Crippen LogP contribution in [-0.2, 0) is 12.7 Å². The number of carbonyl (C=O) groups excluding carboxylic acids is 1. The fraction of sp³-hybridized carbons (Fsp3) is 0.333. The van der Waals surface area contributed by atoms with Crippen molar-refractivity contribution >= 4 is 23.1 Å². The summed E-state index contributed by atoms with van der Waals surface area (Å²) in [4.78, 5) is 16.7. The van der Waals surface area contributed by atoms with Crippen LogP contribution < -0.4 is 15.4 Å². The van der Waals surface area contributed by atoms with Crippen molar-refractivity contribution in [3.8, 4) is 5.75 Å². The first-order chi connectivity index (χ1) is 11.3. The van der Waals surface area contributed by atoms with E-state index in [2.05, 4.69) is 15.6 Å². The molecule has 0 spiro atoms. The van der Waals surface area contributed by atoms with Crippen molar-refractivity contribution in [1.29, 1.82) is 0 Å². The van der Waals surface area contributed by atoms with Crippen LogP contribution in [0.4, 0.5) is 23.7 Å². The third-order valence-electron chi connectivity index (χ3n) is 2.95. The Morgan fingerprint density at radius 2 is 2.12 bits per heavy atom. The fourth-order valence-corrected chi connectivity index (χ4v) is 2.68. The van der Waals surface area contributed by atoms with Crippen molar-refractivity contribution < 1.29 is 22.7 Å². The van der Waals surface area contributed by atoms with E-state index in [0.717, 1.165) is 16.0 Å². The van der Waals surface area contributed by atoms with Crippen LogP contribution in [0.25, 0.3) is 0 Å². The summed E-state index contributed by atoms with van der Waals surface area (Å²) in [7, 11) is 0. The zero-order chi connectivity index (χ0) is 17.7. The van der Waals surface area contributed by atoms with Crippen LogP contribution in [0, 0.1) is 6.92 Å². The third-order valence-corrected chi connectivity index (χ3v) is 3.86. The number of benzene rings is 1. The molecule has 1 aromatic carbocycles. The van der Waals surface area contributed by atoms with E-state index in [1.165, 1.54) is 23.5 Å². The van der Waals surface area contributed by atoms with Gasteiger partial charge in [0.15, 0.2) is 0 Å². The number of aryl methyl sites for hydroxylation is 1. The number of nitrogens with one attached hydrogen (secondary N) is 2. The van der Waals surface area contributed by atoms with Crippen molar-refractivity contribution in [3.05, 3.63) is 39.8 Å². The summed E-state index contributed by atoms with van der Waals surface area (Å²) in [5, 5.41) is 5.57. The molecule has 24 heavy (non-hydrogen) atoms. The number of halogens is 3. The molecule has 2 rings (SSSR count). The van der Waals surface area contributed by atoms with Crippen LogP contribution in [-0.4, -0.2) is 17.6 Å². The molecule has 2 amide bonds. The lowest BCUT2D eigenvalue weighted by Crippen LogP contribution is -2.29. The Morgan fingerprint density at radius 3 is 2.71 bits per heavy atom. The molecule has 1 heterocycles. The Labute approximate surface area is 140 Å². The summed E-state index contributed by atoms with van der Waals surface area (Å²) in [5.74, 6) is 0.0934. The summed E-state index contributed by atoms with van der Waals surface area (Å²) in [6.45, 7) is 3.94. The van der Waals surface area contributed by atoms with E-state index in [1.807, 2.05) is 6.92 Å². The zero-order valence-electron chi connectivity index (χ0n) is 13.0. The molecule has 2 aromatic rings. The average molecular weight is 359 g/mol. The molecule has 9 heteroatoms. The van der Waals surface area contributed by atoms with Gasteiger partial charge < -0.3 is 15.4 Å². The minimum absolute atomic E-state index is 0.0934. The van der Waals surface area contributed by atoms with Gasteiger partial charge in [0.25, 0.3) is 0 Å². The molecule has 0 aliphatic rings. The maximum atomic E-state index is 13.1. The quantitative estimate of drug-likeness (QED) is 0.841. The summed E-state index contributed by atoms with van der Waals surface area (Å²) >= 11 is 1.40. The molecule has 2 N–H and O–H groups in total. The van der Waals surface area contributed by atoms with Crippen LogP contribution in [0.5, 0.6) is 5.75 Å². The zero-order valence-corrected chi connectivity index (χ0v) is 13.8. The molecule has 0 unspecified atom stereocenters. The van der Waals surface area contributed by atoms with Gasteiger partial charge in [0, 0.05) is 11.1 Å². The van der Waals surface area contributed by atoms with E-state index in [4.69, 9.17) is 4.74 Å². The molecule has 0 saturated carbocycles. The molecule has 130 valence electrons. The molecule has 0 radical (unpaired) electrons. The predicted octanol–water partition coefficient (Wildman–Crippen LogP) is 4.19. The Bertz CT molecular complexity index is 716. The lowest BCUT2D eigenvalue weighted by molar-refractivity contribution is -0.137. The van der Waals surface area contributed by atoms with Gasteiger partial charge in [-0.3, -0.25) is 0 Å². The van der Waals surface area contributed by atoms with Crippen molar-refractivity contribution in [2.24, 2.45) is 0 Å². The SMILES string of the molecule is CCOc1ccc(NC(=O)NCc2cnc(C)s2)c(C(F)(F)F)c1. The number of hydrogen-bond acceptors (Lipinski definition) is 4. The first-order valence-electron chi connectivity index (χ1n) is 7.09. The number of rotatable bonds is 5. The Balaban J connectivity index is 2.08. The largest absolute Gasteiger partial charge is 0.494 e. The number of carbonyl (C=O) groups is 1. The molecule has 0 fully saturated rings. The van der Waals surface area contributed by atoms with E-state index in [1.54, 1.807) is 13.1 Å². The lowest BCUT2D eigenvalue weighted by atomic mass is 10.1. The summed E-state index contributed by atoms with van der Waals surface area (Å²) < 4.78 is 44.5. The van der Waals surface area contributed by atoms with Gasteiger partial charge in [-0.25, -0.2) is 9.78 Å². The number of hydrogen-bond donors (Lipinski definition) is 2. The second-order valence-electron chi connectivity index (χ2n) is 4.79. The van der Waals surface area contributed by atoms with E-state index in [0.29, 0.717) is 0 Å². The first kappa shape index (κ1) is 18.1. The van der Waals surface area contributed by atoms with Gasteiger partial charge in [-0.15, -0.1) is 11.3 Å². The van der Waals surface area contributed by atoms with Crippen LogP contribution in [0.15, 0.2) is 24.4 Å². The minimum atomic E-state index is -4.61. The molecule has 0 bridgehead atoms. The van der Waals surface area contributed by atoms with Crippen molar-refractivity contribution in [1.82, 2.24) is 10.3 Å². The van der Waals surface area contributed by atoms with Gasteiger partial charge in [0.1, 0.15) is 5.75 Å². The van der Waals surface area contributed by atoms with Crippen molar-refractivity contribution in [3.63, 3.8) is 0 Å². The molecule has 0 saturated heterocycles. The van der Waals surface area contributed by atoms with Crippen molar-refractivity contribution in [2.75, 3.05) is 11.9 Å². The topological polar surface area (TPSA) is 63.2 Å². The summed E-state index contributed by atoms with van der Waals surface area (Å²) in [5.41, 5.74) is -1.29. The number of aromatic nitrogens is 1. The predicted molar refractivity (Wildman–Crippen MR) is 85.3 cm³/mol. The molecular weight excluding hydrogens is 343 g/mol. The van der Waals surface area contributed by atoms with Gasteiger partial charge in [-0.05, 0) is 32.0 Å². The maximum absolute atomic E-state index is 13.1. The summed E-state index contributed by atoms with van der Waals surface area (Å²) in [6.07, 6.45) is -3.00. The normalized spacial score (nSPS) is 11.2. The Morgan fingerprint density at radius 1 is 1.38 bits per heavy atom. The second-order valence-corrected chi connectivity index (χ2v) is 6.11. The number of urea groups is 1. The van der Waals surface area contributed by atoms with Crippen LogP contribution in [0.3, 0.4) is 0 Å². The van der Waals surface area contributed by atoms with E-state index < -0.39 is 17.8 Å². The maximum Gasteiger partial charge on any atom is 0.418 e. The highest BCUT2D eigenvalue weighted by Gasteiger charge is 2.34. The third kappa shape index (κ3) is 4.85. The van der Waals surface area contributed by atoms with Crippen LogP contribution in [0.1, 0.15) is 22.4 Å². The Kier molecular flexibility index (Phi) is 5.66. The number of thiazole rings is 1. The number of alkyl halides is 3. The standard InChI is InChI=1S/C15H16F3N3O2S/c1-3-23-10-4-5-13(12(6-10)15(16,17)18)21-14(22)20-8-11-7-19-9(2)24-11/h4-7H,3,8H2,1-2H3,(H2,20,21,22). The van der Waals surface area contributed by atoms with Gasteiger partial charge in [0.05, 0.1) is 29.4 Å². The minimum Gasteiger partial charge on any atom is -0.494 e. The number of ether oxygens (including phenoxy) is 1. The Hall–Kier alpha value is -2.29. The monoisotopic (exact) mass is 359 g/mol. The van der Waals surface area contributed by atoms with E-state index in [9.17, 15) is 18.0 Å². The second kappa shape index (κ2) is 7.52. The van der Waals surface area contributed by atoms with Crippen LogP contribution in [0.2, 0.25) is 0 Å². The number of nitrogens with zero attached hydrogens (tertiary/aromatic N) is 1. The van der Waals surface area contributed by atoms with Gasteiger partial charge in [-0.2, -0.15) is 13.2 Å². The molecule has 0 atom stereocenters. The van der Waals surface area contributed by atoms with Crippen LogP contribution >= 0.6 is 11.3 Å². The fourth-order valence-electron chi connectivity index (χ4n) is 1.94. The highest BCUT2D eigenvalue weighted by atomic mass is 32.1. The summed E-state index contributed by atoms with van der Waals surface area (Å²) in [6, 6.07) is 2.69. The van der Waals surface area contributed by atoms with Gasteiger partial charge in [0.2, 0.25) is 0 Å².